The number of thiazole rings is 1. The van der Waals surface area contributed by atoms with Crippen LogP contribution in [0.5, 0.6) is 0 Å². The van der Waals surface area contributed by atoms with Crippen molar-refractivity contribution in [2.75, 3.05) is 17.7 Å². The molecular formula is C19H17F2N5O2S. The fraction of sp³-hybridized carbons (Fsp3) is 0.211. The first kappa shape index (κ1) is 19.1. The van der Waals surface area contributed by atoms with Crippen LogP contribution in [-0.2, 0) is 11.2 Å². The van der Waals surface area contributed by atoms with Gasteiger partial charge < -0.3 is 15.8 Å². The molecule has 0 spiro atoms. The molecular weight excluding hydrogens is 400 g/mol. The summed E-state index contributed by atoms with van der Waals surface area (Å²) >= 11 is 0.843. The predicted octanol–water partition coefficient (Wildman–Crippen LogP) is 3.88. The van der Waals surface area contributed by atoms with Crippen LogP contribution in [0.1, 0.15) is 29.0 Å². The summed E-state index contributed by atoms with van der Waals surface area (Å²) in [4.78, 5) is 16.7. The van der Waals surface area contributed by atoms with Gasteiger partial charge in [0.2, 0.25) is 0 Å². The number of allylic oxidation sites excluding steroid dienone is 2. The standard InChI is InChI=1S/C19H17F2N5O2S/c20-11-5-3-6-12(21)15(11)19-25-16(17(22)29-19)18(27)24-14-9-23-26-13(14)8-10-4-1-2-7-28-10/h3-6,9H,1-2,7-8,22H2,(H,23,26)(H,24,27). The van der Waals surface area contributed by atoms with Crippen molar-refractivity contribution in [3.05, 3.63) is 59.3 Å². The lowest BCUT2D eigenvalue weighted by Crippen LogP contribution is -2.15. The maximum atomic E-state index is 14.0. The Bertz CT molecular complexity index is 1070. The number of benzene rings is 1. The maximum absolute atomic E-state index is 14.0. The largest absolute Gasteiger partial charge is 0.498 e. The maximum Gasteiger partial charge on any atom is 0.277 e. The molecule has 1 aromatic carbocycles. The molecule has 7 nitrogen and oxygen atoms in total. The quantitative estimate of drug-likeness (QED) is 0.584. The smallest absolute Gasteiger partial charge is 0.277 e. The van der Waals surface area contributed by atoms with E-state index in [0.29, 0.717) is 24.4 Å². The highest BCUT2D eigenvalue weighted by atomic mass is 32.1. The van der Waals surface area contributed by atoms with Gasteiger partial charge in [0.1, 0.15) is 21.6 Å². The average molecular weight is 417 g/mol. The molecule has 3 heterocycles. The Hall–Kier alpha value is -3.27. The average Bonchev–Trinajstić information content (AvgIpc) is 3.29. The van der Waals surface area contributed by atoms with E-state index < -0.39 is 17.5 Å². The molecule has 10 heteroatoms. The number of hydrogen-bond acceptors (Lipinski definition) is 6. The van der Waals surface area contributed by atoms with Crippen molar-refractivity contribution in [2.24, 2.45) is 0 Å². The van der Waals surface area contributed by atoms with Gasteiger partial charge in [-0.05, 0) is 31.1 Å². The topological polar surface area (TPSA) is 106 Å². The van der Waals surface area contributed by atoms with E-state index in [1.54, 1.807) is 0 Å². The van der Waals surface area contributed by atoms with Crippen molar-refractivity contribution in [3.8, 4) is 10.6 Å². The highest BCUT2D eigenvalue weighted by molar-refractivity contribution is 7.19. The zero-order valence-corrected chi connectivity index (χ0v) is 16.0. The molecule has 0 radical (unpaired) electrons. The Morgan fingerprint density at radius 1 is 1.34 bits per heavy atom. The molecule has 0 saturated carbocycles. The second kappa shape index (κ2) is 8.00. The summed E-state index contributed by atoms with van der Waals surface area (Å²) in [6.45, 7) is 0.659. The van der Waals surface area contributed by atoms with Crippen molar-refractivity contribution < 1.29 is 18.3 Å². The number of anilines is 2. The van der Waals surface area contributed by atoms with E-state index in [0.717, 1.165) is 42.1 Å². The SMILES string of the molecule is Nc1sc(-c2c(F)cccc2F)nc1C(=O)Nc1cn[nH]c1CC1=CCCCO1. The molecule has 1 aliphatic heterocycles. The van der Waals surface area contributed by atoms with Gasteiger partial charge in [-0.2, -0.15) is 5.10 Å². The Balaban J connectivity index is 1.55. The highest BCUT2D eigenvalue weighted by Crippen LogP contribution is 2.33. The number of carbonyl (C=O) groups excluding carboxylic acids is 1. The second-order valence-corrected chi connectivity index (χ2v) is 7.41. The van der Waals surface area contributed by atoms with Crippen LogP contribution in [-0.4, -0.2) is 27.7 Å². The number of nitrogen functional groups attached to an aromatic ring is 1. The predicted molar refractivity (Wildman–Crippen MR) is 105 cm³/mol. The molecule has 4 rings (SSSR count). The molecule has 1 aliphatic rings. The molecule has 0 atom stereocenters. The number of aromatic amines is 1. The van der Waals surface area contributed by atoms with Gasteiger partial charge in [0.15, 0.2) is 5.69 Å². The van der Waals surface area contributed by atoms with Crippen molar-refractivity contribution in [3.63, 3.8) is 0 Å². The number of ether oxygens (including phenoxy) is 1. The van der Waals surface area contributed by atoms with Crippen molar-refractivity contribution in [1.82, 2.24) is 15.2 Å². The summed E-state index contributed by atoms with van der Waals surface area (Å²) in [5.41, 5.74) is 6.60. The zero-order valence-electron chi connectivity index (χ0n) is 15.2. The number of halogens is 2. The number of nitrogens with two attached hydrogens (primary N) is 1. The van der Waals surface area contributed by atoms with Crippen LogP contribution in [0.4, 0.5) is 19.5 Å². The van der Waals surface area contributed by atoms with Gasteiger partial charge in [0.05, 0.1) is 35.5 Å². The van der Waals surface area contributed by atoms with Crippen LogP contribution in [0.2, 0.25) is 0 Å². The number of H-pyrrole nitrogens is 1. The van der Waals surface area contributed by atoms with Crippen molar-refractivity contribution in [2.45, 2.75) is 19.3 Å². The number of carbonyl (C=O) groups is 1. The van der Waals surface area contributed by atoms with E-state index in [9.17, 15) is 13.6 Å². The number of amides is 1. The van der Waals surface area contributed by atoms with E-state index in [1.165, 1.54) is 12.3 Å². The van der Waals surface area contributed by atoms with Gasteiger partial charge in [0, 0.05) is 6.42 Å². The molecule has 3 aromatic rings. The first-order valence-corrected chi connectivity index (χ1v) is 9.70. The summed E-state index contributed by atoms with van der Waals surface area (Å²) < 4.78 is 33.6. The van der Waals surface area contributed by atoms with Gasteiger partial charge in [-0.25, -0.2) is 13.8 Å². The molecule has 2 aromatic heterocycles. The number of nitrogens with zero attached hydrogens (tertiary/aromatic N) is 2. The lowest BCUT2D eigenvalue weighted by Gasteiger charge is -2.14. The second-order valence-electron chi connectivity index (χ2n) is 6.38. The molecule has 150 valence electrons. The highest BCUT2D eigenvalue weighted by Gasteiger charge is 2.22. The third-order valence-electron chi connectivity index (χ3n) is 4.37. The number of nitrogens with one attached hydrogen (secondary N) is 2. The third kappa shape index (κ3) is 3.97. The Kier molecular flexibility index (Phi) is 5.26. The molecule has 0 saturated heterocycles. The monoisotopic (exact) mass is 417 g/mol. The van der Waals surface area contributed by atoms with E-state index in [1.807, 2.05) is 6.08 Å². The first-order chi connectivity index (χ1) is 14.0. The van der Waals surface area contributed by atoms with E-state index in [4.69, 9.17) is 10.5 Å². The third-order valence-corrected chi connectivity index (χ3v) is 5.27. The molecule has 0 aliphatic carbocycles. The Morgan fingerprint density at radius 3 is 2.86 bits per heavy atom. The van der Waals surface area contributed by atoms with E-state index in [2.05, 4.69) is 20.5 Å². The lowest BCUT2D eigenvalue weighted by atomic mass is 10.1. The summed E-state index contributed by atoms with van der Waals surface area (Å²) in [7, 11) is 0. The van der Waals surface area contributed by atoms with Crippen LogP contribution in [0.25, 0.3) is 10.6 Å². The van der Waals surface area contributed by atoms with Gasteiger partial charge in [0.25, 0.3) is 5.91 Å². The lowest BCUT2D eigenvalue weighted by molar-refractivity contribution is 0.102. The first-order valence-electron chi connectivity index (χ1n) is 8.89. The minimum atomic E-state index is -0.774. The fourth-order valence-electron chi connectivity index (χ4n) is 2.95. The number of aromatic nitrogens is 3. The van der Waals surface area contributed by atoms with Crippen LogP contribution in [0, 0.1) is 11.6 Å². The number of hydrogen-bond donors (Lipinski definition) is 3. The van der Waals surface area contributed by atoms with Crippen molar-refractivity contribution >= 4 is 27.9 Å². The molecule has 0 fully saturated rings. The molecule has 4 N–H and O–H groups in total. The van der Waals surface area contributed by atoms with Crippen molar-refractivity contribution in [1.29, 1.82) is 0 Å². The number of rotatable bonds is 5. The summed E-state index contributed by atoms with van der Waals surface area (Å²) in [5.74, 6) is -1.34. The van der Waals surface area contributed by atoms with Crippen LogP contribution in [0.15, 0.2) is 36.2 Å². The minimum Gasteiger partial charge on any atom is -0.498 e. The van der Waals surface area contributed by atoms with Crippen LogP contribution < -0.4 is 11.1 Å². The molecule has 1 amide bonds. The van der Waals surface area contributed by atoms with Crippen LogP contribution in [0.3, 0.4) is 0 Å². The molecule has 0 unspecified atom stereocenters. The van der Waals surface area contributed by atoms with Gasteiger partial charge >= 0.3 is 0 Å². The Morgan fingerprint density at radius 2 is 2.14 bits per heavy atom. The van der Waals surface area contributed by atoms with Gasteiger partial charge in [-0.1, -0.05) is 17.4 Å². The molecule has 29 heavy (non-hydrogen) atoms. The summed E-state index contributed by atoms with van der Waals surface area (Å²) in [6.07, 6.45) is 5.84. The molecule has 0 bridgehead atoms. The van der Waals surface area contributed by atoms with Crippen LogP contribution >= 0.6 is 11.3 Å². The summed E-state index contributed by atoms with van der Waals surface area (Å²) in [5, 5.41) is 9.55. The zero-order chi connectivity index (χ0) is 20.4. The minimum absolute atomic E-state index is 0.00331. The van der Waals surface area contributed by atoms with E-state index >= 15 is 0 Å². The van der Waals surface area contributed by atoms with Gasteiger partial charge in [-0.15, -0.1) is 0 Å². The van der Waals surface area contributed by atoms with E-state index in [-0.39, 0.29) is 21.3 Å². The Labute approximate surface area is 168 Å². The normalized spacial score (nSPS) is 13.7. The fourth-order valence-corrected chi connectivity index (χ4v) is 3.82. The summed E-state index contributed by atoms with van der Waals surface area (Å²) in [6, 6.07) is 3.50. The van der Waals surface area contributed by atoms with Gasteiger partial charge in [-0.3, -0.25) is 9.89 Å².